The lowest BCUT2D eigenvalue weighted by Gasteiger charge is -2.26. The molecule has 3 rings (SSSR count). The average Bonchev–Trinajstić information content (AvgIpc) is 2.71. The maximum atomic E-state index is 11.7. The van der Waals surface area contributed by atoms with Gasteiger partial charge in [-0.15, -0.1) is 10.2 Å². The van der Waals surface area contributed by atoms with Crippen LogP contribution in [-0.2, 0) is 4.79 Å². The van der Waals surface area contributed by atoms with Gasteiger partial charge in [-0.25, -0.2) is 4.79 Å². The summed E-state index contributed by atoms with van der Waals surface area (Å²) >= 11 is 3.26. The smallest absolute Gasteiger partial charge is 0.293 e. The number of urea groups is 1. The van der Waals surface area contributed by atoms with Crippen LogP contribution < -0.4 is 10.2 Å². The Balaban J connectivity index is 1.99. The van der Waals surface area contributed by atoms with E-state index in [9.17, 15) is 9.59 Å². The number of anilines is 1. The van der Waals surface area contributed by atoms with E-state index < -0.39 is 6.03 Å². The molecule has 2 aromatic heterocycles. The molecule has 0 unspecified atom stereocenters. The molecule has 92 valence electrons. The van der Waals surface area contributed by atoms with Crippen molar-refractivity contribution in [1.82, 2.24) is 19.9 Å². The molecule has 2 aromatic rings. The van der Waals surface area contributed by atoms with Gasteiger partial charge in [0.15, 0.2) is 5.65 Å². The first kappa shape index (κ1) is 11.1. The number of hydrogen-bond donors (Lipinski definition) is 1. The monoisotopic (exact) mass is 309 g/mol. The second-order valence-corrected chi connectivity index (χ2v) is 4.55. The fourth-order valence-corrected chi connectivity index (χ4v) is 2.21. The Morgan fingerprint density at radius 1 is 1.33 bits per heavy atom. The molecule has 7 nitrogen and oxygen atoms in total. The summed E-state index contributed by atoms with van der Waals surface area (Å²) in [6, 6.07) is 3.11. The molecular formula is C10H8BrN5O2. The van der Waals surface area contributed by atoms with Crippen molar-refractivity contribution in [3.8, 4) is 0 Å². The molecular weight excluding hydrogens is 302 g/mol. The number of nitrogens with zero attached hydrogens (tertiary/aromatic N) is 4. The summed E-state index contributed by atoms with van der Waals surface area (Å²) in [4.78, 5) is 24.3. The van der Waals surface area contributed by atoms with E-state index in [2.05, 4.69) is 31.4 Å². The van der Waals surface area contributed by atoms with Crippen molar-refractivity contribution >= 4 is 39.2 Å². The zero-order valence-corrected chi connectivity index (χ0v) is 10.7. The first-order chi connectivity index (χ1) is 8.65. The van der Waals surface area contributed by atoms with Crippen LogP contribution in [-0.4, -0.2) is 33.1 Å². The topological polar surface area (TPSA) is 79.6 Å². The number of carbonyl (C=O) groups excluding carboxylic acids is 2. The van der Waals surface area contributed by atoms with Gasteiger partial charge in [0.1, 0.15) is 0 Å². The summed E-state index contributed by atoms with van der Waals surface area (Å²) in [6.07, 6.45) is 2.06. The number of imide groups is 1. The minimum Gasteiger partial charge on any atom is -0.293 e. The Morgan fingerprint density at radius 2 is 2.17 bits per heavy atom. The number of rotatable bonds is 1. The van der Waals surface area contributed by atoms with E-state index in [1.807, 2.05) is 0 Å². The molecule has 0 radical (unpaired) electrons. The predicted octanol–water partition coefficient (Wildman–Crippen LogP) is 0.938. The molecule has 1 saturated heterocycles. The van der Waals surface area contributed by atoms with Gasteiger partial charge in [-0.1, -0.05) is 0 Å². The highest BCUT2D eigenvalue weighted by molar-refractivity contribution is 9.10. The average molecular weight is 310 g/mol. The largest absolute Gasteiger partial charge is 0.328 e. The molecule has 1 N–H and O–H groups in total. The standard InChI is InChI=1S/C10H8BrN5O2/c11-9-14-13-7-5-6(1-3-16(7)9)15-4-2-8(17)12-10(15)18/h1,3,5H,2,4H2,(H,12,17,18). The second-order valence-electron chi connectivity index (χ2n) is 3.84. The van der Waals surface area contributed by atoms with Crippen molar-refractivity contribution in [2.75, 3.05) is 11.4 Å². The minimum atomic E-state index is -0.408. The lowest BCUT2D eigenvalue weighted by molar-refractivity contribution is -0.120. The van der Waals surface area contributed by atoms with Crippen LogP contribution in [0.5, 0.6) is 0 Å². The lowest BCUT2D eigenvalue weighted by Crippen LogP contribution is -2.49. The molecule has 1 fully saturated rings. The van der Waals surface area contributed by atoms with E-state index in [1.54, 1.807) is 22.7 Å². The molecule has 3 amide bonds. The third-order valence-corrected chi connectivity index (χ3v) is 3.26. The van der Waals surface area contributed by atoms with E-state index in [0.717, 1.165) is 0 Å². The summed E-state index contributed by atoms with van der Waals surface area (Å²) in [6.45, 7) is 0.371. The SMILES string of the molecule is O=C1CCN(c2ccn3c(Br)nnc3c2)C(=O)N1. The first-order valence-corrected chi connectivity index (χ1v) is 6.06. The highest BCUT2D eigenvalue weighted by Gasteiger charge is 2.24. The summed E-state index contributed by atoms with van der Waals surface area (Å²) in [7, 11) is 0. The Labute approximate surface area is 110 Å². The van der Waals surface area contributed by atoms with Crippen LogP contribution in [0.15, 0.2) is 23.1 Å². The number of pyridine rings is 1. The molecule has 0 atom stereocenters. The van der Waals surface area contributed by atoms with Crippen LogP contribution in [0.4, 0.5) is 10.5 Å². The highest BCUT2D eigenvalue weighted by Crippen LogP contribution is 2.20. The van der Waals surface area contributed by atoms with Gasteiger partial charge < -0.3 is 0 Å². The highest BCUT2D eigenvalue weighted by atomic mass is 79.9. The second kappa shape index (κ2) is 4.05. The van der Waals surface area contributed by atoms with Crippen LogP contribution in [0.25, 0.3) is 5.65 Å². The van der Waals surface area contributed by atoms with Gasteiger partial charge in [-0.05, 0) is 22.0 Å². The van der Waals surface area contributed by atoms with Crippen LogP contribution in [0.1, 0.15) is 6.42 Å². The number of carbonyl (C=O) groups is 2. The third kappa shape index (κ3) is 1.74. The molecule has 0 spiro atoms. The molecule has 8 heteroatoms. The summed E-state index contributed by atoms with van der Waals surface area (Å²) in [5, 5.41) is 10.1. The van der Waals surface area contributed by atoms with Crippen LogP contribution in [0, 0.1) is 0 Å². The number of halogens is 1. The summed E-state index contributed by atoms with van der Waals surface area (Å²) < 4.78 is 2.35. The molecule has 0 aliphatic carbocycles. The summed E-state index contributed by atoms with van der Waals surface area (Å²) in [5.41, 5.74) is 1.32. The first-order valence-electron chi connectivity index (χ1n) is 5.27. The number of aromatic nitrogens is 3. The number of nitrogens with one attached hydrogen (secondary N) is 1. The van der Waals surface area contributed by atoms with Crippen LogP contribution in [0.2, 0.25) is 0 Å². The predicted molar refractivity (Wildman–Crippen MR) is 66.2 cm³/mol. The van der Waals surface area contributed by atoms with Crippen molar-refractivity contribution < 1.29 is 9.59 Å². The van der Waals surface area contributed by atoms with Crippen molar-refractivity contribution in [2.45, 2.75) is 6.42 Å². The number of hydrogen-bond acceptors (Lipinski definition) is 4. The summed E-state index contributed by atoms with van der Waals surface area (Å²) in [5.74, 6) is -0.248. The molecule has 18 heavy (non-hydrogen) atoms. The normalized spacial score (nSPS) is 16.2. The Bertz CT molecular complexity index is 653. The molecule has 0 aromatic carbocycles. The maximum Gasteiger partial charge on any atom is 0.328 e. The molecule has 1 aliphatic rings. The van der Waals surface area contributed by atoms with Crippen molar-refractivity contribution in [1.29, 1.82) is 0 Å². The third-order valence-electron chi connectivity index (χ3n) is 2.72. The van der Waals surface area contributed by atoms with E-state index >= 15 is 0 Å². The van der Waals surface area contributed by atoms with Gasteiger partial charge >= 0.3 is 6.03 Å². The van der Waals surface area contributed by atoms with Crippen LogP contribution in [0.3, 0.4) is 0 Å². The van der Waals surface area contributed by atoms with Crippen LogP contribution >= 0.6 is 15.9 Å². The van der Waals surface area contributed by atoms with Crippen molar-refractivity contribution in [3.63, 3.8) is 0 Å². The molecule has 0 bridgehead atoms. The van der Waals surface area contributed by atoms with E-state index in [1.165, 1.54) is 4.90 Å². The number of fused-ring (bicyclic) bond motifs is 1. The zero-order valence-electron chi connectivity index (χ0n) is 9.13. The zero-order chi connectivity index (χ0) is 12.7. The van der Waals surface area contributed by atoms with Gasteiger partial charge in [0.25, 0.3) is 0 Å². The quantitative estimate of drug-likeness (QED) is 0.850. The lowest BCUT2D eigenvalue weighted by atomic mass is 10.2. The van der Waals surface area contributed by atoms with Crippen molar-refractivity contribution in [3.05, 3.63) is 23.1 Å². The van der Waals surface area contributed by atoms with Gasteiger partial charge in [0, 0.05) is 25.2 Å². The molecule has 3 heterocycles. The molecule has 1 aliphatic heterocycles. The van der Waals surface area contributed by atoms with E-state index in [4.69, 9.17) is 0 Å². The van der Waals surface area contributed by atoms with E-state index in [0.29, 0.717) is 29.0 Å². The van der Waals surface area contributed by atoms with E-state index in [-0.39, 0.29) is 5.91 Å². The Kier molecular flexibility index (Phi) is 2.51. The number of amides is 3. The fraction of sp³-hybridized carbons (Fsp3) is 0.200. The maximum absolute atomic E-state index is 11.7. The Morgan fingerprint density at radius 3 is 2.94 bits per heavy atom. The Hall–Kier alpha value is -1.96. The van der Waals surface area contributed by atoms with Gasteiger partial charge in [-0.2, -0.15) is 0 Å². The molecule has 0 saturated carbocycles. The van der Waals surface area contributed by atoms with Gasteiger partial charge in [0.05, 0.1) is 5.69 Å². The van der Waals surface area contributed by atoms with Gasteiger partial charge in [0.2, 0.25) is 10.6 Å². The van der Waals surface area contributed by atoms with Gasteiger partial charge in [-0.3, -0.25) is 19.4 Å². The minimum absolute atomic E-state index is 0.248. The fourth-order valence-electron chi connectivity index (χ4n) is 1.83. The van der Waals surface area contributed by atoms with Crippen molar-refractivity contribution in [2.24, 2.45) is 0 Å².